The number of aromatic nitrogens is 3. The van der Waals surface area contributed by atoms with Gasteiger partial charge >= 0.3 is 0 Å². The molecule has 4 rings (SSSR count). The van der Waals surface area contributed by atoms with E-state index >= 15 is 0 Å². The molecule has 23 heavy (non-hydrogen) atoms. The monoisotopic (exact) mass is 308 g/mol. The summed E-state index contributed by atoms with van der Waals surface area (Å²) in [4.78, 5) is 11.8. The summed E-state index contributed by atoms with van der Waals surface area (Å²) < 4.78 is 2.19. The maximum Gasteiger partial charge on any atom is 0.160 e. The van der Waals surface area contributed by atoms with Crippen LogP contribution in [-0.4, -0.2) is 38.1 Å². The number of imidazole rings is 1. The Kier molecular flexibility index (Phi) is 3.50. The first-order valence-corrected chi connectivity index (χ1v) is 8.01. The number of likely N-dealkylation sites (tertiary alicyclic amines) is 1. The Balaban J connectivity index is 1.82. The number of hydrogen-bond acceptors (Lipinski definition) is 4. The second-order valence-corrected chi connectivity index (χ2v) is 6.21. The molecule has 118 valence electrons. The summed E-state index contributed by atoms with van der Waals surface area (Å²) in [5, 5.41) is 9.73. The zero-order valence-corrected chi connectivity index (χ0v) is 13.2. The third-order valence-corrected chi connectivity index (χ3v) is 4.60. The highest BCUT2D eigenvalue weighted by molar-refractivity contribution is 5.71. The van der Waals surface area contributed by atoms with Crippen LogP contribution in [0.25, 0.3) is 11.2 Å². The van der Waals surface area contributed by atoms with Gasteiger partial charge in [-0.15, -0.1) is 0 Å². The highest BCUT2D eigenvalue weighted by Gasteiger charge is 2.28. The Labute approximate surface area is 135 Å². The molecular formula is C18H20N4O. The molecule has 5 heteroatoms. The molecule has 1 aliphatic heterocycles. The van der Waals surface area contributed by atoms with Crippen LogP contribution in [0.3, 0.4) is 0 Å². The van der Waals surface area contributed by atoms with Gasteiger partial charge in [-0.3, -0.25) is 4.90 Å². The van der Waals surface area contributed by atoms with Gasteiger partial charge in [0.2, 0.25) is 0 Å². The molecule has 1 aromatic carbocycles. The van der Waals surface area contributed by atoms with Crippen LogP contribution in [-0.2, 0) is 6.54 Å². The van der Waals surface area contributed by atoms with Crippen LogP contribution in [0.1, 0.15) is 30.3 Å². The lowest BCUT2D eigenvalue weighted by Gasteiger charge is -2.20. The van der Waals surface area contributed by atoms with Crippen LogP contribution in [0.4, 0.5) is 0 Å². The molecule has 1 saturated heterocycles. The van der Waals surface area contributed by atoms with Crippen molar-refractivity contribution in [3.05, 3.63) is 54.0 Å². The van der Waals surface area contributed by atoms with E-state index in [1.165, 1.54) is 6.42 Å². The minimum Gasteiger partial charge on any atom is -0.508 e. The van der Waals surface area contributed by atoms with Crippen LogP contribution in [0.2, 0.25) is 0 Å². The minimum atomic E-state index is 0.291. The lowest BCUT2D eigenvalue weighted by molar-refractivity contribution is 0.300. The molecule has 1 aliphatic rings. The number of hydrogen-bond donors (Lipinski definition) is 1. The van der Waals surface area contributed by atoms with Crippen molar-refractivity contribution in [1.29, 1.82) is 0 Å². The molecule has 1 N–H and O–H groups in total. The molecule has 5 nitrogen and oxygen atoms in total. The maximum atomic E-state index is 9.73. The van der Waals surface area contributed by atoms with Gasteiger partial charge in [0.1, 0.15) is 17.1 Å². The van der Waals surface area contributed by atoms with Gasteiger partial charge in [0, 0.05) is 6.20 Å². The Bertz CT molecular complexity index is 842. The second kappa shape index (κ2) is 5.66. The van der Waals surface area contributed by atoms with Crippen molar-refractivity contribution in [1.82, 2.24) is 19.4 Å². The quantitative estimate of drug-likeness (QED) is 0.808. The number of benzene rings is 1. The topological polar surface area (TPSA) is 54.2 Å². The highest BCUT2D eigenvalue weighted by atomic mass is 16.3. The van der Waals surface area contributed by atoms with Gasteiger partial charge < -0.3 is 9.67 Å². The van der Waals surface area contributed by atoms with Gasteiger partial charge in [-0.05, 0) is 56.3 Å². The summed E-state index contributed by atoms with van der Waals surface area (Å²) in [7, 11) is 2.16. The van der Waals surface area contributed by atoms with E-state index < -0.39 is 0 Å². The fourth-order valence-electron chi connectivity index (χ4n) is 3.46. The smallest absolute Gasteiger partial charge is 0.160 e. The summed E-state index contributed by atoms with van der Waals surface area (Å²) in [6, 6.07) is 11.7. The number of aromatic hydroxyl groups is 1. The summed E-state index contributed by atoms with van der Waals surface area (Å²) in [6.45, 7) is 1.77. The molecule has 2 aromatic heterocycles. The van der Waals surface area contributed by atoms with Crippen LogP contribution >= 0.6 is 0 Å². The van der Waals surface area contributed by atoms with Crippen LogP contribution in [0, 0.1) is 0 Å². The predicted molar refractivity (Wildman–Crippen MR) is 89.3 cm³/mol. The molecule has 0 spiro atoms. The Morgan fingerprint density at radius 2 is 2.17 bits per heavy atom. The zero-order valence-electron chi connectivity index (χ0n) is 13.2. The first-order chi connectivity index (χ1) is 11.2. The van der Waals surface area contributed by atoms with E-state index in [1.54, 1.807) is 12.1 Å². The van der Waals surface area contributed by atoms with Crippen molar-refractivity contribution in [2.45, 2.75) is 25.4 Å². The van der Waals surface area contributed by atoms with E-state index in [4.69, 9.17) is 4.98 Å². The third-order valence-electron chi connectivity index (χ3n) is 4.60. The lowest BCUT2D eigenvalue weighted by Crippen LogP contribution is -2.21. The summed E-state index contributed by atoms with van der Waals surface area (Å²) in [6.07, 6.45) is 4.13. The van der Waals surface area contributed by atoms with Gasteiger partial charge in [0.25, 0.3) is 0 Å². The number of nitrogens with zero attached hydrogens (tertiary/aromatic N) is 4. The molecule has 0 radical (unpaired) electrons. The van der Waals surface area contributed by atoms with Crippen molar-refractivity contribution in [3.8, 4) is 5.75 Å². The zero-order chi connectivity index (χ0) is 15.8. The normalized spacial score (nSPS) is 18.7. The van der Waals surface area contributed by atoms with Crippen molar-refractivity contribution < 1.29 is 5.11 Å². The standard InChI is InChI=1S/C18H20N4O/c1-21-10-4-8-16(21)18-20-15-7-3-9-19-17(15)22(18)12-13-5-2-6-14(23)11-13/h2-3,5-7,9,11,16,23H,4,8,10,12H2,1H3. The predicted octanol–water partition coefficient (Wildman–Crippen LogP) is 2.95. The number of rotatable bonds is 3. The third kappa shape index (κ3) is 2.57. The van der Waals surface area contributed by atoms with E-state index in [0.717, 1.165) is 35.5 Å². The summed E-state index contributed by atoms with van der Waals surface area (Å²) in [5.74, 6) is 1.36. The van der Waals surface area contributed by atoms with Crippen LogP contribution in [0.15, 0.2) is 42.6 Å². The van der Waals surface area contributed by atoms with E-state index in [0.29, 0.717) is 18.3 Å². The Morgan fingerprint density at radius 3 is 2.96 bits per heavy atom. The maximum absolute atomic E-state index is 9.73. The number of phenolic OH excluding ortho intramolecular Hbond substituents is 1. The average Bonchev–Trinajstić information content (AvgIpc) is 3.11. The molecule has 1 fully saturated rings. The highest BCUT2D eigenvalue weighted by Crippen LogP contribution is 2.32. The van der Waals surface area contributed by atoms with E-state index in [-0.39, 0.29) is 0 Å². The number of pyridine rings is 1. The number of phenols is 1. The molecule has 1 unspecified atom stereocenters. The number of fused-ring (bicyclic) bond motifs is 1. The molecule has 1 atom stereocenters. The SMILES string of the molecule is CN1CCCC1c1nc2cccnc2n1Cc1cccc(O)c1. The molecule has 0 bridgehead atoms. The molecule has 0 aliphatic carbocycles. The molecule has 3 aromatic rings. The Hall–Kier alpha value is -2.40. The van der Waals surface area contributed by atoms with Crippen molar-refractivity contribution in [2.75, 3.05) is 13.6 Å². The van der Waals surface area contributed by atoms with Gasteiger partial charge in [0.05, 0.1) is 12.6 Å². The summed E-state index contributed by atoms with van der Waals surface area (Å²) >= 11 is 0. The fraction of sp³-hybridized carbons (Fsp3) is 0.333. The van der Waals surface area contributed by atoms with Crippen molar-refractivity contribution >= 4 is 11.2 Å². The fourth-order valence-corrected chi connectivity index (χ4v) is 3.46. The largest absolute Gasteiger partial charge is 0.508 e. The summed E-state index contributed by atoms with van der Waals surface area (Å²) in [5.41, 5.74) is 2.89. The average molecular weight is 308 g/mol. The van der Waals surface area contributed by atoms with Crippen LogP contribution in [0.5, 0.6) is 5.75 Å². The van der Waals surface area contributed by atoms with E-state index in [9.17, 15) is 5.11 Å². The Morgan fingerprint density at radius 1 is 1.26 bits per heavy atom. The molecular weight excluding hydrogens is 288 g/mol. The minimum absolute atomic E-state index is 0.291. The molecule has 3 heterocycles. The van der Waals surface area contributed by atoms with Gasteiger partial charge in [-0.25, -0.2) is 9.97 Å². The van der Waals surface area contributed by atoms with Crippen molar-refractivity contribution in [2.24, 2.45) is 0 Å². The van der Waals surface area contributed by atoms with Gasteiger partial charge in [0.15, 0.2) is 5.65 Å². The van der Waals surface area contributed by atoms with Crippen LogP contribution < -0.4 is 0 Å². The van der Waals surface area contributed by atoms with Gasteiger partial charge in [-0.2, -0.15) is 0 Å². The van der Waals surface area contributed by atoms with E-state index in [1.807, 2.05) is 30.5 Å². The molecule has 0 amide bonds. The first kappa shape index (κ1) is 14.2. The second-order valence-electron chi connectivity index (χ2n) is 6.21. The van der Waals surface area contributed by atoms with E-state index in [2.05, 4.69) is 21.5 Å². The molecule has 0 saturated carbocycles. The van der Waals surface area contributed by atoms with Gasteiger partial charge in [-0.1, -0.05) is 12.1 Å². The van der Waals surface area contributed by atoms with Crippen molar-refractivity contribution in [3.63, 3.8) is 0 Å². The first-order valence-electron chi connectivity index (χ1n) is 8.01. The lowest BCUT2D eigenvalue weighted by atomic mass is 10.2.